The van der Waals surface area contributed by atoms with E-state index in [2.05, 4.69) is 26.8 Å². The van der Waals surface area contributed by atoms with Gasteiger partial charge in [-0.2, -0.15) is 13.2 Å². The van der Waals surface area contributed by atoms with Gasteiger partial charge in [-0.3, -0.25) is 4.79 Å². The number of nitrogens with zero attached hydrogens (tertiary/aromatic N) is 1. The molecule has 0 aromatic heterocycles. The Morgan fingerprint density at radius 3 is 2.12 bits per heavy atom. The van der Waals surface area contributed by atoms with Gasteiger partial charge in [0.25, 0.3) is 0 Å². The SMILES string of the molecule is C/C(=C/C(C)(C)C)Cc1ccc([C@@H](N(C)C(=O)C2CC3(C2)CS(=O)(=O)C3)C(F)(F)F)cc1. The van der Waals surface area contributed by atoms with Gasteiger partial charge in [-0.05, 0) is 48.1 Å². The summed E-state index contributed by atoms with van der Waals surface area (Å²) in [6, 6.07) is 4.23. The van der Waals surface area contributed by atoms with Crippen molar-refractivity contribution in [3.63, 3.8) is 0 Å². The molecule has 1 aromatic rings. The van der Waals surface area contributed by atoms with Gasteiger partial charge in [0.15, 0.2) is 15.9 Å². The third kappa shape index (κ3) is 5.56. The molecule has 1 saturated heterocycles. The van der Waals surface area contributed by atoms with Gasteiger partial charge in [0.2, 0.25) is 5.91 Å². The van der Waals surface area contributed by atoms with Crippen molar-refractivity contribution in [2.45, 2.75) is 59.2 Å². The van der Waals surface area contributed by atoms with E-state index in [-0.39, 0.29) is 22.5 Å². The Labute approximate surface area is 188 Å². The second-order valence-corrected chi connectivity index (χ2v) is 12.9. The van der Waals surface area contributed by atoms with Crippen molar-refractivity contribution in [1.29, 1.82) is 0 Å². The summed E-state index contributed by atoms with van der Waals surface area (Å²) in [7, 11) is -1.85. The average molecular weight is 472 g/mol. The van der Waals surface area contributed by atoms with Gasteiger partial charge in [-0.15, -0.1) is 0 Å². The number of benzene rings is 1. The zero-order chi connectivity index (χ0) is 24.1. The van der Waals surface area contributed by atoms with Crippen LogP contribution >= 0.6 is 0 Å². The van der Waals surface area contributed by atoms with Gasteiger partial charge in [0, 0.05) is 13.0 Å². The van der Waals surface area contributed by atoms with E-state index in [4.69, 9.17) is 0 Å². The first kappa shape index (κ1) is 24.8. The Kier molecular flexibility index (Phi) is 6.35. The summed E-state index contributed by atoms with van der Waals surface area (Å²) in [5.41, 5.74) is 1.71. The lowest BCUT2D eigenvalue weighted by Gasteiger charge is -2.53. The molecule has 1 aromatic carbocycles. The van der Waals surface area contributed by atoms with E-state index < -0.39 is 39.3 Å². The van der Waals surface area contributed by atoms with Gasteiger partial charge < -0.3 is 4.90 Å². The number of carbonyl (C=O) groups excluding carboxylic acids is 1. The fourth-order valence-corrected chi connectivity index (χ4v) is 7.52. The van der Waals surface area contributed by atoms with E-state index in [0.717, 1.165) is 16.0 Å². The molecular weight excluding hydrogens is 439 g/mol. The molecule has 0 radical (unpaired) electrons. The van der Waals surface area contributed by atoms with Crippen LogP contribution in [0.15, 0.2) is 35.9 Å². The Balaban J connectivity index is 1.71. The zero-order valence-electron chi connectivity index (χ0n) is 19.3. The quantitative estimate of drug-likeness (QED) is 0.561. The smallest absolute Gasteiger partial charge is 0.330 e. The van der Waals surface area contributed by atoms with Crippen LogP contribution in [0.2, 0.25) is 0 Å². The Morgan fingerprint density at radius 1 is 1.16 bits per heavy atom. The average Bonchev–Trinajstić information content (AvgIpc) is 2.55. The zero-order valence-corrected chi connectivity index (χ0v) is 20.1. The van der Waals surface area contributed by atoms with Crippen LogP contribution in [-0.2, 0) is 21.1 Å². The van der Waals surface area contributed by atoms with Crippen molar-refractivity contribution < 1.29 is 26.4 Å². The van der Waals surface area contributed by atoms with Gasteiger partial charge in [0.1, 0.15) is 0 Å². The van der Waals surface area contributed by atoms with Crippen molar-refractivity contribution >= 4 is 15.7 Å². The third-order valence-corrected chi connectivity index (χ3v) is 8.37. The topological polar surface area (TPSA) is 54.5 Å². The maximum atomic E-state index is 13.9. The number of hydrogen-bond donors (Lipinski definition) is 0. The second-order valence-electron chi connectivity index (χ2n) is 10.8. The molecule has 1 spiro atoms. The molecule has 1 atom stereocenters. The molecule has 3 rings (SSSR count). The first-order valence-corrected chi connectivity index (χ1v) is 12.6. The van der Waals surface area contributed by atoms with Crippen LogP contribution in [-0.4, -0.2) is 44.0 Å². The van der Waals surface area contributed by atoms with Crippen LogP contribution in [0.3, 0.4) is 0 Å². The molecule has 1 aliphatic heterocycles. The lowest BCUT2D eigenvalue weighted by Crippen LogP contribution is -2.59. The van der Waals surface area contributed by atoms with Crippen molar-refractivity contribution in [3.05, 3.63) is 47.0 Å². The minimum atomic E-state index is -4.62. The number of allylic oxidation sites excluding steroid dienone is 2. The highest BCUT2D eigenvalue weighted by atomic mass is 32.2. The van der Waals surface area contributed by atoms with Crippen molar-refractivity contribution in [1.82, 2.24) is 4.90 Å². The highest BCUT2D eigenvalue weighted by Gasteiger charge is 2.59. The Hall–Kier alpha value is -1.83. The summed E-state index contributed by atoms with van der Waals surface area (Å²) in [5, 5.41) is 0. The van der Waals surface area contributed by atoms with Crippen molar-refractivity contribution in [2.75, 3.05) is 18.6 Å². The molecule has 0 N–H and O–H groups in total. The van der Waals surface area contributed by atoms with Crippen LogP contribution in [0.25, 0.3) is 0 Å². The van der Waals surface area contributed by atoms with Crippen LogP contribution in [0.4, 0.5) is 13.2 Å². The standard InChI is InChI=1S/C24H32F3NO3S/c1-16(11-22(2,3)4)10-17-6-8-18(9-7-17)20(24(25,26)27)28(5)21(29)19-12-23(13-19)14-32(30,31)15-23/h6-9,11,19-20H,10,12-15H2,1-5H3/b16-11-/t20-/m1/s1. The third-order valence-electron chi connectivity index (χ3n) is 6.26. The lowest BCUT2D eigenvalue weighted by molar-refractivity contribution is -0.193. The summed E-state index contributed by atoms with van der Waals surface area (Å²) in [5.74, 6) is -1.04. The highest BCUT2D eigenvalue weighted by molar-refractivity contribution is 7.92. The van der Waals surface area contributed by atoms with E-state index in [0.29, 0.717) is 19.3 Å². The Morgan fingerprint density at radius 2 is 1.69 bits per heavy atom. The van der Waals surface area contributed by atoms with E-state index in [1.165, 1.54) is 19.2 Å². The molecule has 0 unspecified atom stereocenters. The predicted molar refractivity (Wildman–Crippen MR) is 119 cm³/mol. The predicted octanol–water partition coefficient (Wildman–Crippen LogP) is 5.11. The van der Waals surface area contributed by atoms with Gasteiger partial charge in [0.05, 0.1) is 11.5 Å². The largest absolute Gasteiger partial charge is 0.413 e. The minimum Gasteiger partial charge on any atom is -0.330 e. The van der Waals surface area contributed by atoms with E-state index in [1.807, 2.05) is 6.92 Å². The summed E-state index contributed by atoms with van der Waals surface area (Å²) < 4.78 is 64.7. The maximum Gasteiger partial charge on any atom is 0.413 e. The summed E-state index contributed by atoms with van der Waals surface area (Å²) in [6.45, 7) is 8.28. The molecule has 1 aliphatic carbocycles. The molecule has 2 fully saturated rings. The van der Waals surface area contributed by atoms with Crippen molar-refractivity contribution in [2.24, 2.45) is 16.7 Å². The number of amides is 1. The Bertz CT molecular complexity index is 984. The van der Waals surface area contributed by atoms with Crippen LogP contribution < -0.4 is 0 Å². The highest BCUT2D eigenvalue weighted by Crippen LogP contribution is 2.54. The summed E-state index contributed by atoms with van der Waals surface area (Å²) in [4.78, 5) is 13.6. The number of hydrogen-bond acceptors (Lipinski definition) is 3. The van der Waals surface area contributed by atoms with Crippen LogP contribution in [0.1, 0.15) is 57.7 Å². The molecule has 4 nitrogen and oxygen atoms in total. The molecule has 178 valence electrons. The van der Waals surface area contributed by atoms with E-state index >= 15 is 0 Å². The summed E-state index contributed by atoms with van der Waals surface area (Å²) >= 11 is 0. The molecule has 32 heavy (non-hydrogen) atoms. The molecular formula is C24H32F3NO3S. The van der Waals surface area contributed by atoms with Crippen LogP contribution in [0, 0.1) is 16.7 Å². The molecule has 1 heterocycles. The molecule has 0 bridgehead atoms. The monoisotopic (exact) mass is 471 g/mol. The molecule has 1 saturated carbocycles. The lowest BCUT2D eigenvalue weighted by atomic mass is 9.63. The molecule has 1 amide bonds. The van der Waals surface area contributed by atoms with Gasteiger partial charge in [-0.25, -0.2) is 8.42 Å². The maximum absolute atomic E-state index is 13.9. The van der Waals surface area contributed by atoms with Gasteiger partial charge >= 0.3 is 6.18 Å². The number of carbonyl (C=O) groups is 1. The second kappa shape index (κ2) is 8.19. The first-order valence-electron chi connectivity index (χ1n) is 10.8. The summed E-state index contributed by atoms with van der Waals surface area (Å²) in [6.07, 6.45) is -1.13. The normalized spacial score (nSPS) is 21.6. The number of rotatable bonds is 5. The molecule has 8 heteroatoms. The van der Waals surface area contributed by atoms with Crippen LogP contribution in [0.5, 0.6) is 0 Å². The fraction of sp³-hybridized carbons (Fsp3) is 0.625. The van der Waals surface area contributed by atoms with Gasteiger partial charge in [-0.1, -0.05) is 56.7 Å². The van der Waals surface area contributed by atoms with E-state index in [9.17, 15) is 26.4 Å². The first-order chi connectivity index (χ1) is 14.5. The number of halogens is 3. The van der Waals surface area contributed by atoms with E-state index in [1.54, 1.807) is 12.1 Å². The minimum absolute atomic E-state index is 0.0230. The van der Waals surface area contributed by atoms with Crippen molar-refractivity contribution in [3.8, 4) is 0 Å². The molecule has 2 aliphatic rings. The number of alkyl halides is 3. The fourth-order valence-electron chi connectivity index (χ4n) is 5.26. The number of sulfone groups is 1.